The number of anilines is 2. The summed E-state index contributed by atoms with van der Waals surface area (Å²) in [7, 11) is 1.45. The summed E-state index contributed by atoms with van der Waals surface area (Å²) in [6.07, 6.45) is -1.98. The first-order chi connectivity index (χ1) is 13.8. The lowest BCUT2D eigenvalue weighted by molar-refractivity contribution is -0.137. The van der Waals surface area contributed by atoms with Gasteiger partial charge in [-0.05, 0) is 24.3 Å². The van der Waals surface area contributed by atoms with Crippen LogP contribution < -0.4 is 15.5 Å². The van der Waals surface area contributed by atoms with Gasteiger partial charge in [-0.2, -0.15) is 13.2 Å². The molecule has 3 rings (SSSR count). The molecular formula is C19H19F3N4O3. The Bertz CT molecular complexity index is 912. The van der Waals surface area contributed by atoms with Gasteiger partial charge in [-0.3, -0.25) is 14.6 Å². The van der Waals surface area contributed by atoms with E-state index in [1.54, 1.807) is 4.90 Å². The first-order valence-electron chi connectivity index (χ1n) is 8.81. The van der Waals surface area contributed by atoms with Crippen molar-refractivity contribution in [1.29, 1.82) is 0 Å². The van der Waals surface area contributed by atoms with E-state index in [4.69, 9.17) is 4.74 Å². The molecule has 1 aromatic carbocycles. The number of nitrogens with one attached hydrogen (secondary N) is 2. The van der Waals surface area contributed by atoms with Gasteiger partial charge in [0.05, 0.1) is 36.2 Å². The van der Waals surface area contributed by atoms with Crippen LogP contribution in [-0.4, -0.2) is 50.1 Å². The Balaban J connectivity index is 1.90. The fourth-order valence-corrected chi connectivity index (χ4v) is 2.89. The normalized spacial score (nSPS) is 14.4. The largest absolute Gasteiger partial charge is 0.416 e. The molecule has 0 bridgehead atoms. The summed E-state index contributed by atoms with van der Waals surface area (Å²) >= 11 is 0. The SMILES string of the molecule is CNC(=O)c1cncc(NC(=O)c2cc(N3CCOCC3)cc(C(F)(F)F)c2)c1. The molecule has 10 heteroatoms. The van der Waals surface area contributed by atoms with E-state index >= 15 is 0 Å². The molecule has 0 saturated carbocycles. The topological polar surface area (TPSA) is 83.6 Å². The number of carbonyl (C=O) groups excluding carboxylic acids is 2. The van der Waals surface area contributed by atoms with E-state index < -0.39 is 23.6 Å². The molecule has 2 N–H and O–H groups in total. The molecule has 7 nitrogen and oxygen atoms in total. The molecule has 0 radical (unpaired) electrons. The minimum absolute atomic E-state index is 0.147. The third-order valence-corrected chi connectivity index (χ3v) is 4.37. The predicted molar refractivity (Wildman–Crippen MR) is 100 cm³/mol. The molecule has 29 heavy (non-hydrogen) atoms. The highest BCUT2D eigenvalue weighted by Crippen LogP contribution is 2.33. The van der Waals surface area contributed by atoms with Crippen LogP contribution in [0.1, 0.15) is 26.3 Å². The summed E-state index contributed by atoms with van der Waals surface area (Å²) in [5.74, 6) is -1.14. The lowest BCUT2D eigenvalue weighted by Crippen LogP contribution is -2.36. The quantitative estimate of drug-likeness (QED) is 0.813. The van der Waals surface area contributed by atoms with E-state index in [9.17, 15) is 22.8 Å². The Labute approximate surface area is 164 Å². The van der Waals surface area contributed by atoms with Gasteiger partial charge in [0.2, 0.25) is 0 Å². The molecule has 154 valence electrons. The molecule has 2 aromatic rings. The molecule has 0 aliphatic carbocycles. The van der Waals surface area contributed by atoms with Crippen molar-refractivity contribution in [3.05, 3.63) is 53.3 Å². The number of hydrogen-bond acceptors (Lipinski definition) is 5. The number of pyridine rings is 1. The lowest BCUT2D eigenvalue weighted by atomic mass is 10.1. The summed E-state index contributed by atoms with van der Waals surface area (Å²) in [6, 6.07) is 4.62. The maximum absolute atomic E-state index is 13.4. The van der Waals surface area contributed by atoms with Crippen LogP contribution in [-0.2, 0) is 10.9 Å². The van der Waals surface area contributed by atoms with E-state index in [0.717, 1.165) is 12.1 Å². The van der Waals surface area contributed by atoms with Crippen molar-refractivity contribution < 1.29 is 27.5 Å². The smallest absolute Gasteiger partial charge is 0.378 e. The number of carbonyl (C=O) groups is 2. The first kappa shape index (κ1) is 20.6. The van der Waals surface area contributed by atoms with Gasteiger partial charge in [0, 0.05) is 37.6 Å². The van der Waals surface area contributed by atoms with Gasteiger partial charge in [0.15, 0.2) is 0 Å². The zero-order chi connectivity index (χ0) is 21.0. The number of amides is 2. The summed E-state index contributed by atoms with van der Waals surface area (Å²) < 4.78 is 45.3. The zero-order valence-electron chi connectivity index (χ0n) is 15.5. The number of morpholine rings is 1. The number of aromatic nitrogens is 1. The molecule has 2 heterocycles. The summed E-state index contributed by atoms with van der Waals surface area (Å²) in [6.45, 7) is 1.66. The molecule has 1 saturated heterocycles. The van der Waals surface area contributed by atoms with Crippen LogP contribution in [0.5, 0.6) is 0 Å². The Morgan fingerprint density at radius 3 is 2.41 bits per heavy atom. The van der Waals surface area contributed by atoms with Crippen LogP contribution in [0, 0.1) is 0 Å². The minimum atomic E-state index is -4.60. The van der Waals surface area contributed by atoms with Gasteiger partial charge in [-0.1, -0.05) is 0 Å². The van der Waals surface area contributed by atoms with E-state index in [2.05, 4.69) is 15.6 Å². The maximum atomic E-state index is 13.4. The van der Waals surface area contributed by atoms with Crippen molar-refractivity contribution in [3.8, 4) is 0 Å². The highest BCUT2D eigenvalue weighted by molar-refractivity contribution is 6.05. The molecule has 0 unspecified atom stereocenters. The number of ether oxygens (including phenoxy) is 1. The van der Waals surface area contributed by atoms with Gasteiger partial charge in [0.25, 0.3) is 11.8 Å². The third-order valence-electron chi connectivity index (χ3n) is 4.37. The first-order valence-corrected chi connectivity index (χ1v) is 8.81. The molecule has 0 atom stereocenters. The van der Waals surface area contributed by atoms with Crippen molar-refractivity contribution >= 4 is 23.2 Å². The fourth-order valence-electron chi connectivity index (χ4n) is 2.89. The number of rotatable bonds is 4. The zero-order valence-corrected chi connectivity index (χ0v) is 15.5. The number of benzene rings is 1. The van der Waals surface area contributed by atoms with Crippen molar-refractivity contribution in [1.82, 2.24) is 10.3 Å². The average Bonchev–Trinajstić information content (AvgIpc) is 2.73. The number of halogens is 3. The van der Waals surface area contributed by atoms with Gasteiger partial charge in [-0.15, -0.1) is 0 Å². The molecule has 1 aliphatic rings. The second kappa shape index (κ2) is 8.48. The molecular weight excluding hydrogens is 389 g/mol. The van der Waals surface area contributed by atoms with Crippen LogP contribution in [0.3, 0.4) is 0 Å². The average molecular weight is 408 g/mol. The van der Waals surface area contributed by atoms with Crippen molar-refractivity contribution in [3.63, 3.8) is 0 Å². The molecule has 2 amide bonds. The Kier molecular flexibility index (Phi) is 6.02. The standard InChI is InChI=1S/C19H19F3N4O3/c1-23-17(27)13-7-15(11-24-10-13)25-18(28)12-6-14(19(20,21)22)9-16(8-12)26-2-4-29-5-3-26/h6-11H,2-5H2,1H3,(H,23,27)(H,25,28). The molecule has 1 fully saturated rings. The van der Waals surface area contributed by atoms with Crippen LogP contribution in [0.15, 0.2) is 36.7 Å². The Morgan fingerprint density at radius 1 is 1.03 bits per heavy atom. The van der Waals surface area contributed by atoms with Crippen molar-refractivity contribution in [2.24, 2.45) is 0 Å². The van der Waals surface area contributed by atoms with Crippen LogP contribution in [0.2, 0.25) is 0 Å². The van der Waals surface area contributed by atoms with E-state index in [1.807, 2.05) is 0 Å². The summed E-state index contributed by atoms with van der Waals surface area (Å²) in [5, 5.41) is 4.92. The van der Waals surface area contributed by atoms with E-state index in [1.165, 1.54) is 31.6 Å². The second-order valence-corrected chi connectivity index (χ2v) is 6.36. The minimum Gasteiger partial charge on any atom is -0.378 e. The molecule has 1 aliphatic heterocycles. The Hall–Kier alpha value is -3.14. The van der Waals surface area contributed by atoms with E-state index in [-0.39, 0.29) is 16.8 Å². The number of nitrogens with zero attached hydrogens (tertiary/aromatic N) is 2. The number of hydrogen-bond donors (Lipinski definition) is 2. The van der Waals surface area contributed by atoms with Gasteiger partial charge in [-0.25, -0.2) is 0 Å². The highest BCUT2D eigenvalue weighted by atomic mass is 19.4. The van der Waals surface area contributed by atoms with Crippen molar-refractivity contribution in [2.75, 3.05) is 43.6 Å². The van der Waals surface area contributed by atoms with Gasteiger partial charge >= 0.3 is 6.18 Å². The van der Waals surface area contributed by atoms with Crippen molar-refractivity contribution in [2.45, 2.75) is 6.18 Å². The Morgan fingerprint density at radius 2 is 1.76 bits per heavy atom. The molecule has 0 spiro atoms. The lowest BCUT2D eigenvalue weighted by Gasteiger charge is -2.29. The summed E-state index contributed by atoms with van der Waals surface area (Å²) in [4.78, 5) is 29.9. The molecule has 1 aromatic heterocycles. The summed E-state index contributed by atoms with van der Waals surface area (Å²) in [5.41, 5.74) is -0.356. The van der Waals surface area contributed by atoms with Gasteiger partial charge < -0.3 is 20.3 Å². The third kappa shape index (κ3) is 5.02. The monoisotopic (exact) mass is 408 g/mol. The highest BCUT2D eigenvalue weighted by Gasteiger charge is 2.32. The fraction of sp³-hybridized carbons (Fsp3) is 0.316. The van der Waals surface area contributed by atoms with Crippen LogP contribution in [0.4, 0.5) is 24.5 Å². The second-order valence-electron chi connectivity index (χ2n) is 6.36. The maximum Gasteiger partial charge on any atom is 0.416 e. The van der Waals surface area contributed by atoms with Crippen LogP contribution in [0.25, 0.3) is 0 Å². The van der Waals surface area contributed by atoms with Crippen LogP contribution >= 0.6 is 0 Å². The predicted octanol–water partition coefficient (Wildman–Crippen LogP) is 2.55. The van der Waals surface area contributed by atoms with Gasteiger partial charge in [0.1, 0.15) is 0 Å². The number of alkyl halides is 3. The van der Waals surface area contributed by atoms with E-state index in [0.29, 0.717) is 32.0 Å².